The van der Waals surface area contributed by atoms with Crippen LogP contribution in [0, 0.1) is 25.2 Å². The predicted molar refractivity (Wildman–Crippen MR) is 232 cm³/mol. The lowest BCUT2D eigenvalue weighted by atomic mass is 10.0. The van der Waals surface area contributed by atoms with Crippen LogP contribution in [-0.4, -0.2) is 64.8 Å². The number of ketones is 2. The lowest BCUT2D eigenvalue weighted by Gasteiger charge is -2.12. The second-order valence-electron chi connectivity index (χ2n) is 15.2. The van der Waals surface area contributed by atoms with E-state index in [9.17, 15) is 19.2 Å². The number of nitriles is 1. The van der Waals surface area contributed by atoms with Crippen molar-refractivity contribution in [3.63, 3.8) is 0 Å². The van der Waals surface area contributed by atoms with E-state index in [1.165, 1.54) is 23.3 Å². The maximum atomic E-state index is 13.2. The molecule has 2 aliphatic rings. The number of carbonyl (C=O) groups is 4. The number of hydrogen-bond donors (Lipinski definition) is 4. The van der Waals surface area contributed by atoms with Gasteiger partial charge in [-0.2, -0.15) is 10.4 Å². The zero-order valence-corrected chi connectivity index (χ0v) is 33.9. The third kappa shape index (κ3) is 8.70. The van der Waals surface area contributed by atoms with Gasteiger partial charge in [0.25, 0.3) is 11.8 Å². The van der Waals surface area contributed by atoms with E-state index in [0.717, 1.165) is 42.4 Å². The summed E-state index contributed by atoms with van der Waals surface area (Å²) in [6.45, 7) is 3.81. The quantitative estimate of drug-likeness (QED) is 0.109. The molecule has 0 atom stereocenters. The zero-order valence-electron chi connectivity index (χ0n) is 33.9. The summed E-state index contributed by atoms with van der Waals surface area (Å²) in [5.74, 6) is -0.463. The number of nitrogen functional groups attached to an aromatic ring is 2. The maximum Gasteiger partial charge on any atom is 0.251 e. The second-order valence-corrected chi connectivity index (χ2v) is 15.2. The highest BCUT2D eigenvalue weighted by molar-refractivity contribution is 6.12. The van der Waals surface area contributed by atoms with Crippen LogP contribution in [0.3, 0.4) is 0 Å². The number of nitrogens with two attached hydrogens (primary N) is 2. The van der Waals surface area contributed by atoms with Gasteiger partial charge in [-0.3, -0.25) is 33.7 Å². The topological polar surface area (TPSA) is 230 Å². The molecule has 0 radical (unpaired) electrons. The summed E-state index contributed by atoms with van der Waals surface area (Å²) in [6, 6.07) is 26.8. The van der Waals surface area contributed by atoms with Crippen molar-refractivity contribution in [1.29, 1.82) is 5.26 Å². The molecule has 4 aromatic carbocycles. The van der Waals surface area contributed by atoms with E-state index in [4.69, 9.17) is 16.7 Å². The minimum absolute atomic E-state index is 0.116. The molecule has 308 valence electrons. The van der Waals surface area contributed by atoms with Crippen molar-refractivity contribution < 1.29 is 19.2 Å². The van der Waals surface area contributed by atoms with Gasteiger partial charge in [0.1, 0.15) is 18.0 Å². The number of aromatic nitrogens is 6. The number of hydrogen-bond acceptors (Lipinski definition) is 11. The Hall–Kier alpha value is -8.25. The van der Waals surface area contributed by atoms with Crippen molar-refractivity contribution in [2.24, 2.45) is 0 Å². The van der Waals surface area contributed by atoms with E-state index >= 15 is 0 Å². The Morgan fingerprint density at radius 1 is 0.694 bits per heavy atom. The largest absolute Gasteiger partial charge is 0.383 e. The van der Waals surface area contributed by atoms with E-state index in [2.05, 4.69) is 30.7 Å². The standard InChI is InChI=1S/C25H22N6O2.C22H19N5O2/c1-15-5-6-18(25(33)30-19-7-8-19)12-21(15)31-14-29-22(24(31)26)23(32)17-4-2-3-16(11-17)20-13-27-9-10-28-20;1-13-5-6-16(22(29)26-17-7-8-17)10-19(13)27-21(24)18(12-25-27)20(28)15-4-2-3-14(9-15)11-23/h2-6,9-14,19H,7-8,26H2,1H3,(H,30,33);2-6,9-10,12,17H,7-8,24H2,1H3,(H,26,29). The van der Waals surface area contributed by atoms with Crippen molar-refractivity contribution in [3.05, 3.63) is 166 Å². The average molecular weight is 824 g/mol. The molecule has 0 aliphatic heterocycles. The van der Waals surface area contributed by atoms with Gasteiger partial charge in [-0.05, 0) is 93.1 Å². The molecule has 2 saturated carbocycles. The first-order valence-electron chi connectivity index (χ1n) is 19.9. The average Bonchev–Trinajstić information content (AvgIpc) is 4.23. The van der Waals surface area contributed by atoms with Gasteiger partial charge in [0.2, 0.25) is 5.78 Å². The molecule has 0 spiro atoms. The van der Waals surface area contributed by atoms with Crippen LogP contribution in [0.4, 0.5) is 11.6 Å². The van der Waals surface area contributed by atoms with Gasteiger partial charge in [-0.15, -0.1) is 0 Å². The summed E-state index contributed by atoms with van der Waals surface area (Å²) in [7, 11) is 0. The molecule has 0 bridgehead atoms. The van der Waals surface area contributed by atoms with E-state index in [1.807, 2.05) is 38.1 Å². The van der Waals surface area contributed by atoms with Gasteiger partial charge in [0, 0.05) is 52.3 Å². The lowest BCUT2D eigenvalue weighted by Crippen LogP contribution is -2.25. The van der Waals surface area contributed by atoms with Gasteiger partial charge in [0.05, 0.1) is 46.7 Å². The number of rotatable bonds is 11. The molecule has 0 saturated heterocycles. The first-order valence-corrected chi connectivity index (χ1v) is 19.9. The van der Waals surface area contributed by atoms with Crippen LogP contribution in [0.15, 0.2) is 116 Å². The molecule has 15 heteroatoms. The third-order valence-corrected chi connectivity index (χ3v) is 10.6. The fraction of sp³-hybridized carbons (Fsp3) is 0.170. The lowest BCUT2D eigenvalue weighted by molar-refractivity contribution is 0.0942. The molecule has 9 rings (SSSR count). The predicted octanol–water partition coefficient (Wildman–Crippen LogP) is 6.10. The first-order chi connectivity index (χ1) is 30.0. The van der Waals surface area contributed by atoms with E-state index < -0.39 is 0 Å². The van der Waals surface area contributed by atoms with Gasteiger partial charge in [-0.1, -0.05) is 42.5 Å². The molecular weight excluding hydrogens is 783 g/mol. The van der Waals surface area contributed by atoms with Crippen LogP contribution in [-0.2, 0) is 0 Å². The fourth-order valence-corrected chi connectivity index (χ4v) is 6.72. The highest BCUT2D eigenvalue weighted by Gasteiger charge is 2.26. The van der Waals surface area contributed by atoms with Crippen molar-refractivity contribution in [1.82, 2.24) is 39.9 Å². The third-order valence-electron chi connectivity index (χ3n) is 10.6. The van der Waals surface area contributed by atoms with E-state index in [0.29, 0.717) is 44.9 Å². The number of amides is 2. The van der Waals surface area contributed by atoms with Crippen LogP contribution in [0.25, 0.3) is 22.6 Å². The Morgan fingerprint density at radius 2 is 1.32 bits per heavy atom. The van der Waals surface area contributed by atoms with E-state index in [-0.39, 0.29) is 58.4 Å². The Bertz CT molecular complexity index is 2920. The second kappa shape index (κ2) is 17.2. The SMILES string of the molecule is Cc1ccc(C(=O)NC2CC2)cc1-n1cnc(C(=O)c2cccc(-c3cnccn3)c2)c1N.Cc1ccc(C(=O)NC2CC2)cc1-n1ncc(C(=O)c2cccc(C#N)c2)c1N. The molecular formula is C47H41N11O4. The number of nitrogens with one attached hydrogen (secondary N) is 2. The molecule has 3 heterocycles. The Labute approximate surface area is 356 Å². The van der Waals surface area contributed by atoms with Gasteiger partial charge >= 0.3 is 0 Å². The van der Waals surface area contributed by atoms with Gasteiger partial charge in [0.15, 0.2) is 11.5 Å². The normalized spacial score (nSPS) is 13.0. The van der Waals surface area contributed by atoms with Crippen molar-refractivity contribution >= 4 is 35.0 Å². The molecule has 7 aromatic rings. The molecule has 15 nitrogen and oxygen atoms in total. The van der Waals surface area contributed by atoms with Crippen LogP contribution >= 0.6 is 0 Å². The highest BCUT2D eigenvalue weighted by atomic mass is 16.2. The van der Waals surface area contributed by atoms with E-state index in [1.54, 1.807) is 83.8 Å². The van der Waals surface area contributed by atoms with Crippen molar-refractivity contribution in [2.45, 2.75) is 51.6 Å². The molecule has 0 unspecified atom stereocenters. The summed E-state index contributed by atoms with van der Waals surface area (Å²) >= 11 is 0. The van der Waals surface area contributed by atoms with Gasteiger partial charge in [-0.25, -0.2) is 9.67 Å². The van der Waals surface area contributed by atoms with Crippen LogP contribution in [0.1, 0.15) is 95.1 Å². The Morgan fingerprint density at radius 3 is 1.95 bits per heavy atom. The molecule has 3 aromatic heterocycles. The zero-order chi connectivity index (χ0) is 43.5. The first kappa shape index (κ1) is 40.5. The molecule has 2 amide bonds. The number of carbonyl (C=O) groups excluding carboxylic acids is 4. The number of imidazole rings is 1. The number of anilines is 2. The molecule has 62 heavy (non-hydrogen) atoms. The Kier molecular flexibility index (Phi) is 11.2. The smallest absolute Gasteiger partial charge is 0.251 e. The minimum Gasteiger partial charge on any atom is -0.383 e. The summed E-state index contributed by atoms with van der Waals surface area (Å²) < 4.78 is 3.10. The minimum atomic E-state index is -0.314. The fourth-order valence-electron chi connectivity index (χ4n) is 6.72. The van der Waals surface area contributed by atoms with Crippen LogP contribution in [0.5, 0.6) is 0 Å². The van der Waals surface area contributed by atoms with Crippen LogP contribution < -0.4 is 22.1 Å². The maximum absolute atomic E-state index is 13.2. The molecule has 2 fully saturated rings. The summed E-state index contributed by atoms with van der Waals surface area (Å²) in [6.07, 6.45) is 11.8. The van der Waals surface area contributed by atoms with Gasteiger partial charge < -0.3 is 22.1 Å². The molecule has 6 N–H and O–H groups in total. The number of benzene rings is 4. The molecule has 2 aliphatic carbocycles. The summed E-state index contributed by atoms with van der Waals surface area (Å²) in [5, 5.41) is 19.3. The van der Waals surface area contributed by atoms with Crippen molar-refractivity contribution in [2.75, 3.05) is 11.5 Å². The van der Waals surface area contributed by atoms with Crippen LogP contribution in [0.2, 0.25) is 0 Å². The number of nitrogens with zero attached hydrogens (tertiary/aromatic N) is 7. The monoisotopic (exact) mass is 823 g/mol. The summed E-state index contributed by atoms with van der Waals surface area (Å²) in [4.78, 5) is 63.6. The number of aryl methyl sites for hydroxylation is 2. The highest BCUT2D eigenvalue weighted by Crippen LogP contribution is 2.28. The van der Waals surface area contributed by atoms with Crippen molar-refractivity contribution in [3.8, 4) is 28.7 Å². The Balaban J connectivity index is 0.000000172. The summed E-state index contributed by atoms with van der Waals surface area (Å²) in [5.41, 5.74) is 19.8.